The van der Waals surface area contributed by atoms with E-state index < -0.39 is 12.1 Å². The second-order valence-electron chi connectivity index (χ2n) is 9.16. The molecule has 0 saturated heterocycles. The third-order valence-electron chi connectivity index (χ3n) is 6.66. The van der Waals surface area contributed by atoms with Gasteiger partial charge in [-0.2, -0.15) is 0 Å². The van der Waals surface area contributed by atoms with Gasteiger partial charge < -0.3 is 9.84 Å². The highest BCUT2D eigenvalue weighted by Gasteiger charge is 2.45. The molecule has 1 aliphatic heterocycles. The Kier molecular flexibility index (Phi) is 6.94. The Balaban J connectivity index is 1.95. The molecule has 2 aliphatic carbocycles. The molecule has 1 unspecified atom stereocenters. The van der Waals surface area contributed by atoms with E-state index in [2.05, 4.69) is 45.1 Å². The lowest BCUT2D eigenvalue weighted by Crippen LogP contribution is -2.44. The van der Waals surface area contributed by atoms with Gasteiger partial charge in [-0.15, -0.1) is 0 Å². The first-order chi connectivity index (χ1) is 13.8. The number of cyclic esters (lactones) is 1. The fourth-order valence-corrected chi connectivity index (χ4v) is 5.41. The summed E-state index contributed by atoms with van der Waals surface area (Å²) in [7, 11) is 0. The molecule has 0 aromatic rings. The second kappa shape index (κ2) is 9.25. The summed E-state index contributed by atoms with van der Waals surface area (Å²) in [6.07, 6.45) is 14.1. The van der Waals surface area contributed by atoms with Gasteiger partial charge in [-0.05, 0) is 55.9 Å². The van der Waals surface area contributed by atoms with Crippen LogP contribution in [0.4, 0.5) is 0 Å². The van der Waals surface area contributed by atoms with Crippen LogP contribution >= 0.6 is 0 Å². The van der Waals surface area contributed by atoms with Crippen molar-refractivity contribution >= 4 is 11.8 Å². The van der Waals surface area contributed by atoms with Crippen LogP contribution in [-0.4, -0.2) is 29.1 Å². The SMILES string of the molecule is CC1=C[C@@H](C)[C@H]2[C@@H]3C(=O)CC(O)CC(=O)O[C@H](C)/C=C/C=C/[C@H](C)[C@H]3C=C[C@H]2C1. The topological polar surface area (TPSA) is 63.6 Å². The van der Waals surface area contributed by atoms with Crippen molar-refractivity contribution in [3.63, 3.8) is 0 Å². The van der Waals surface area contributed by atoms with E-state index in [0.29, 0.717) is 11.8 Å². The fourth-order valence-electron chi connectivity index (χ4n) is 5.41. The molecule has 0 radical (unpaired) electrons. The molecule has 0 aromatic carbocycles. The maximum absolute atomic E-state index is 13.4. The average molecular weight is 399 g/mol. The van der Waals surface area contributed by atoms with Crippen molar-refractivity contribution in [3.05, 3.63) is 48.1 Å². The quantitative estimate of drug-likeness (QED) is 0.485. The van der Waals surface area contributed by atoms with Gasteiger partial charge in [0.2, 0.25) is 0 Å². The van der Waals surface area contributed by atoms with E-state index >= 15 is 0 Å². The van der Waals surface area contributed by atoms with Crippen molar-refractivity contribution in [1.82, 2.24) is 0 Å². The molecule has 0 spiro atoms. The molecule has 158 valence electrons. The van der Waals surface area contributed by atoms with E-state index in [1.165, 1.54) is 5.57 Å². The van der Waals surface area contributed by atoms with E-state index in [-0.39, 0.29) is 48.4 Å². The fraction of sp³-hybridized carbons (Fsp3) is 0.600. The molecule has 0 saturated carbocycles. The average Bonchev–Trinajstić information content (AvgIpc) is 2.62. The van der Waals surface area contributed by atoms with Gasteiger partial charge in [-0.1, -0.05) is 55.9 Å². The van der Waals surface area contributed by atoms with Crippen LogP contribution in [0.3, 0.4) is 0 Å². The Morgan fingerprint density at radius 3 is 2.41 bits per heavy atom. The number of hydrogen-bond donors (Lipinski definition) is 1. The standard InChI is InChI=1S/C25H34O4/c1-15-11-17(3)24-19(12-15)9-10-21-16(2)7-5-6-8-18(4)29-23(28)14-20(26)13-22(27)25(21)24/h5-11,16-21,24-26H,12-14H2,1-4H3/b7-5+,8-6+/t16-,17+,18+,19-,20?,21+,24+,25-/m0/s1. The Hall–Kier alpha value is -1.94. The lowest BCUT2D eigenvalue weighted by molar-refractivity contribution is -0.148. The van der Waals surface area contributed by atoms with Crippen molar-refractivity contribution in [3.8, 4) is 0 Å². The number of hydrogen-bond acceptors (Lipinski definition) is 4. The third kappa shape index (κ3) is 5.16. The largest absolute Gasteiger partial charge is 0.458 e. The van der Waals surface area contributed by atoms with Crippen LogP contribution in [0.15, 0.2) is 48.1 Å². The van der Waals surface area contributed by atoms with E-state index in [9.17, 15) is 14.7 Å². The van der Waals surface area contributed by atoms with Crippen LogP contribution < -0.4 is 0 Å². The number of rotatable bonds is 0. The summed E-state index contributed by atoms with van der Waals surface area (Å²) >= 11 is 0. The number of aliphatic hydroxyl groups excluding tert-OH is 1. The smallest absolute Gasteiger partial charge is 0.309 e. The van der Waals surface area contributed by atoms with Crippen LogP contribution in [0.2, 0.25) is 0 Å². The molecule has 1 heterocycles. The first-order valence-electron chi connectivity index (χ1n) is 10.9. The van der Waals surface area contributed by atoms with Crippen LogP contribution in [-0.2, 0) is 14.3 Å². The van der Waals surface area contributed by atoms with Gasteiger partial charge in [0.25, 0.3) is 0 Å². The minimum atomic E-state index is -0.999. The van der Waals surface area contributed by atoms with Gasteiger partial charge in [-0.3, -0.25) is 9.59 Å². The molecule has 8 atom stereocenters. The summed E-state index contributed by atoms with van der Waals surface area (Å²) in [5.74, 6) is 0.645. The highest BCUT2D eigenvalue weighted by Crippen LogP contribution is 2.48. The van der Waals surface area contributed by atoms with Crippen LogP contribution in [0, 0.1) is 35.5 Å². The predicted octanol–water partition coefficient (Wildman–Crippen LogP) is 4.41. The zero-order chi connectivity index (χ0) is 21.1. The minimum Gasteiger partial charge on any atom is -0.458 e. The summed E-state index contributed by atoms with van der Waals surface area (Å²) in [5, 5.41) is 10.4. The van der Waals surface area contributed by atoms with Gasteiger partial charge in [0.15, 0.2) is 0 Å². The summed E-state index contributed by atoms with van der Waals surface area (Å²) in [6, 6.07) is 0. The Morgan fingerprint density at radius 2 is 1.66 bits per heavy atom. The van der Waals surface area contributed by atoms with Crippen LogP contribution in [0.5, 0.6) is 0 Å². The van der Waals surface area contributed by atoms with Crippen molar-refractivity contribution < 1.29 is 19.4 Å². The summed E-state index contributed by atoms with van der Waals surface area (Å²) in [6.45, 7) is 8.30. The Labute approximate surface area is 174 Å². The highest BCUT2D eigenvalue weighted by atomic mass is 16.5. The Morgan fingerprint density at radius 1 is 0.931 bits per heavy atom. The predicted molar refractivity (Wildman–Crippen MR) is 114 cm³/mol. The maximum Gasteiger partial charge on any atom is 0.309 e. The third-order valence-corrected chi connectivity index (χ3v) is 6.66. The zero-order valence-electron chi connectivity index (χ0n) is 18.0. The van der Waals surface area contributed by atoms with Crippen molar-refractivity contribution in [2.45, 2.75) is 59.2 Å². The lowest BCUT2D eigenvalue weighted by Gasteiger charge is -2.45. The highest BCUT2D eigenvalue weighted by molar-refractivity contribution is 5.83. The molecule has 0 fully saturated rings. The molecule has 0 aromatic heterocycles. The minimum absolute atomic E-state index is 0.00337. The molecule has 0 amide bonds. The number of carbonyl (C=O) groups is 2. The van der Waals surface area contributed by atoms with Gasteiger partial charge in [0.1, 0.15) is 11.9 Å². The molecule has 4 nitrogen and oxygen atoms in total. The molecule has 0 bridgehead atoms. The monoisotopic (exact) mass is 398 g/mol. The number of aliphatic hydroxyl groups is 1. The second-order valence-corrected chi connectivity index (χ2v) is 9.16. The number of ketones is 1. The Bertz CT molecular complexity index is 744. The van der Waals surface area contributed by atoms with E-state index in [4.69, 9.17) is 4.74 Å². The molecule has 1 N–H and O–H groups in total. The first-order valence-corrected chi connectivity index (χ1v) is 10.9. The number of Topliss-reactive ketones (excluding diaryl/α,β-unsaturated/α-hetero) is 1. The van der Waals surface area contributed by atoms with Crippen LogP contribution in [0.25, 0.3) is 0 Å². The summed E-state index contributed by atoms with van der Waals surface area (Å²) in [4.78, 5) is 25.5. The van der Waals surface area contributed by atoms with Crippen molar-refractivity contribution in [2.75, 3.05) is 0 Å². The molecule has 3 aliphatic rings. The van der Waals surface area contributed by atoms with E-state index in [1.807, 2.05) is 18.2 Å². The summed E-state index contributed by atoms with van der Waals surface area (Å²) in [5.41, 5.74) is 1.38. The first kappa shape index (κ1) is 21.8. The molecular formula is C25H34O4. The van der Waals surface area contributed by atoms with Gasteiger partial charge in [0.05, 0.1) is 12.5 Å². The molecule has 3 rings (SSSR count). The van der Waals surface area contributed by atoms with Crippen molar-refractivity contribution in [2.24, 2.45) is 35.5 Å². The van der Waals surface area contributed by atoms with Gasteiger partial charge in [-0.25, -0.2) is 0 Å². The van der Waals surface area contributed by atoms with Crippen LogP contribution in [0.1, 0.15) is 47.0 Å². The molecule has 29 heavy (non-hydrogen) atoms. The van der Waals surface area contributed by atoms with Gasteiger partial charge >= 0.3 is 5.97 Å². The number of esters is 1. The normalized spacial score (nSPS) is 43.3. The number of ether oxygens (including phenoxy) is 1. The summed E-state index contributed by atoms with van der Waals surface area (Å²) < 4.78 is 5.30. The lowest BCUT2D eigenvalue weighted by atomic mass is 9.58. The zero-order valence-corrected chi connectivity index (χ0v) is 18.0. The van der Waals surface area contributed by atoms with Crippen molar-refractivity contribution in [1.29, 1.82) is 0 Å². The number of allylic oxidation sites excluding steroid dienone is 7. The maximum atomic E-state index is 13.4. The molecular weight excluding hydrogens is 364 g/mol. The van der Waals surface area contributed by atoms with E-state index in [0.717, 1.165) is 6.42 Å². The number of fused-ring (bicyclic) bond motifs is 3. The molecule has 4 heteroatoms. The van der Waals surface area contributed by atoms with Gasteiger partial charge in [0, 0.05) is 12.3 Å². The number of carbonyl (C=O) groups excluding carboxylic acids is 2. The van der Waals surface area contributed by atoms with E-state index in [1.54, 1.807) is 6.92 Å².